The van der Waals surface area contributed by atoms with E-state index >= 15 is 0 Å². The van der Waals surface area contributed by atoms with Crippen molar-refractivity contribution in [2.45, 2.75) is 64.6 Å². The minimum absolute atomic E-state index is 0.0755. The molecule has 8 atom stereocenters. The van der Waals surface area contributed by atoms with Crippen molar-refractivity contribution in [2.24, 2.45) is 34.5 Å². The van der Waals surface area contributed by atoms with E-state index in [2.05, 4.69) is 26.5 Å². The number of fused-ring (bicyclic) bond motifs is 5. The van der Waals surface area contributed by atoms with Gasteiger partial charge in [-0.05, 0) is 67.3 Å². The van der Waals surface area contributed by atoms with Crippen molar-refractivity contribution in [1.29, 1.82) is 0 Å². The third-order valence-corrected chi connectivity index (χ3v) is 9.20. The minimum atomic E-state index is -1.51. The Morgan fingerprint density at radius 1 is 1.36 bits per heavy atom. The molecule has 0 heterocycles. The Hall–Kier alpha value is -1.11. The number of aliphatic hydroxyl groups is 3. The summed E-state index contributed by atoms with van der Waals surface area (Å²) in [4.78, 5) is 24.6. The van der Waals surface area contributed by atoms with Crippen LogP contribution in [-0.4, -0.2) is 37.9 Å². The Bertz CT molecular complexity index is 803. The van der Waals surface area contributed by atoms with E-state index < -0.39 is 27.7 Å². The molecule has 0 amide bonds. The number of hydrogen-bond acceptors (Lipinski definition) is 5. The summed E-state index contributed by atoms with van der Waals surface area (Å²) < 4.78 is 0. The fourth-order valence-electron chi connectivity index (χ4n) is 7.58. The zero-order chi connectivity index (χ0) is 20.6. The maximum absolute atomic E-state index is 12.4. The van der Waals surface area contributed by atoms with Gasteiger partial charge in [-0.3, -0.25) is 9.59 Å². The smallest absolute Gasteiger partial charge is 0.218 e. The second kappa shape index (κ2) is 6.19. The largest absolute Gasteiger partial charge is 0.515 e. The quantitative estimate of drug-likeness (QED) is 0.305. The number of thiol groups is 1. The average Bonchev–Trinajstić information content (AvgIpc) is 2.88. The molecule has 154 valence electrons. The van der Waals surface area contributed by atoms with Crippen molar-refractivity contribution in [3.63, 3.8) is 0 Å². The summed E-state index contributed by atoms with van der Waals surface area (Å²) in [5.41, 5.74) is -1.19. The molecule has 0 bridgehead atoms. The Morgan fingerprint density at radius 3 is 2.64 bits per heavy atom. The molecule has 0 radical (unpaired) electrons. The van der Waals surface area contributed by atoms with Gasteiger partial charge in [0.1, 0.15) is 5.60 Å². The van der Waals surface area contributed by atoms with Crippen LogP contribution >= 0.6 is 12.6 Å². The first-order chi connectivity index (χ1) is 13.0. The molecular formula is C22H30O5S. The van der Waals surface area contributed by atoms with Gasteiger partial charge >= 0.3 is 0 Å². The molecule has 0 aromatic carbocycles. The van der Waals surface area contributed by atoms with Crippen LogP contribution in [0.3, 0.4) is 0 Å². The van der Waals surface area contributed by atoms with Gasteiger partial charge in [0.25, 0.3) is 0 Å². The maximum Gasteiger partial charge on any atom is 0.218 e. The highest BCUT2D eigenvalue weighted by Gasteiger charge is 2.68. The van der Waals surface area contributed by atoms with Crippen LogP contribution in [0.25, 0.3) is 0 Å². The topological polar surface area (TPSA) is 94.8 Å². The zero-order valence-electron chi connectivity index (χ0n) is 16.7. The van der Waals surface area contributed by atoms with Crippen LogP contribution in [0.1, 0.15) is 52.9 Å². The number of carbonyl (C=O) groups is 2. The highest BCUT2D eigenvalue weighted by atomic mass is 32.1. The summed E-state index contributed by atoms with van der Waals surface area (Å²) in [6, 6.07) is 0. The van der Waals surface area contributed by atoms with Gasteiger partial charge in [-0.15, -0.1) is 12.6 Å². The third-order valence-electron chi connectivity index (χ3n) is 8.83. The van der Waals surface area contributed by atoms with E-state index in [1.54, 1.807) is 6.08 Å². The van der Waals surface area contributed by atoms with Crippen LogP contribution < -0.4 is 0 Å². The summed E-state index contributed by atoms with van der Waals surface area (Å²) in [6.45, 7) is 6.14. The van der Waals surface area contributed by atoms with E-state index in [-0.39, 0.29) is 29.5 Å². The SMILES string of the molecule is C[C@H]1CC2[C@H]([C@@H](O)C[C@@]3(C)[C@H]2CC[C@]3(O)C(=O)S)[C@@]2(C)C/C(=C/O)C(=O)C=C12. The van der Waals surface area contributed by atoms with E-state index in [9.17, 15) is 24.9 Å². The minimum Gasteiger partial charge on any atom is -0.515 e. The molecule has 28 heavy (non-hydrogen) atoms. The van der Waals surface area contributed by atoms with E-state index in [1.807, 2.05) is 6.92 Å². The van der Waals surface area contributed by atoms with Crippen molar-refractivity contribution < 1.29 is 24.9 Å². The van der Waals surface area contributed by atoms with Crippen LogP contribution in [0, 0.1) is 34.5 Å². The first-order valence-corrected chi connectivity index (χ1v) is 10.7. The van der Waals surface area contributed by atoms with E-state index in [4.69, 9.17) is 0 Å². The first kappa shape index (κ1) is 20.2. The summed E-state index contributed by atoms with van der Waals surface area (Å²) in [6.07, 6.45) is 4.55. The molecule has 4 aliphatic rings. The van der Waals surface area contributed by atoms with Crippen LogP contribution in [0.5, 0.6) is 0 Å². The molecule has 0 aromatic heterocycles. The average molecular weight is 407 g/mol. The highest BCUT2D eigenvalue weighted by molar-refractivity contribution is 7.96. The predicted octanol–water partition coefficient (Wildman–Crippen LogP) is 2.97. The third kappa shape index (κ3) is 2.34. The molecule has 3 fully saturated rings. The van der Waals surface area contributed by atoms with Gasteiger partial charge in [-0.25, -0.2) is 0 Å². The van der Waals surface area contributed by atoms with E-state index in [0.717, 1.165) is 24.7 Å². The predicted molar refractivity (Wildman–Crippen MR) is 108 cm³/mol. The number of aliphatic hydroxyl groups excluding tert-OH is 2. The molecule has 0 spiro atoms. The number of allylic oxidation sites excluding steroid dienone is 2. The van der Waals surface area contributed by atoms with Crippen molar-refractivity contribution in [1.82, 2.24) is 0 Å². The van der Waals surface area contributed by atoms with Gasteiger partial charge in [-0.1, -0.05) is 26.3 Å². The molecule has 5 nitrogen and oxygen atoms in total. The highest BCUT2D eigenvalue weighted by Crippen LogP contribution is 2.68. The summed E-state index contributed by atoms with van der Waals surface area (Å²) in [5.74, 6) is 0.202. The van der Waals surface area contributed by atoms with E-state index in [0.29, 0.717) is 24.8 Å². The molecule has 1 unspecified atom stereocenters. The molecule has 3 N–H and O–H groups in total. The molecule has 4 rings (SSSR count). The van der Waals surface area contributed by atoms with Crippen LogP contribution in [-0.2, 0) is 9.59 Å². The van der Waals surface area contributed by atoms with Crippen molar-refractivity contribution >= 4 is 23.5 Å². The van der Waals surface area contributed by atoms with Gasteiger partial charge in [0.15, 0.2) is 5.78 Å². The van der Waals surface area contributed by atoms with Gasteiger partial charge in [-0.2, -0.15) is 0 Å². The molecule has 3 saturated carbocycles. The fraction of sp³-hybridized carbons (Fsp3) is 0.727. The van der Waals surface area contributed by atoms with Crippen LogP contribution in [0.15, 0.2) is 23.5 Å². The Morgan fingerprint density at radius 2 is 2.04 bits per heavy atom. The molecule has 0 saturated heterocycles. The Kier molecular flexibility index (Phi) is 4.46. The lowest BCUT2D eigenvalue weighted by Crippen LogP contribution is -2.62. The molecule has 0 aromatic rings. The molecule has 6 heteroatoms. The Labute approximate surface area is 171 Å². The van der Waals surface area contributed by atoms with Gasteiger partial charge in [0.05, 0.1) is 12.4 Å². The van der Waals surface area contributed by atoms with Crippen LogP contribution in [0.4, 0.5) is 0 Å². The number of carbonyl (C=O) groups excluding carboxylic acids is 2. The van der Waals surface area contributed by atoms with Crippen LogP contribution in [0.2, 0.25) is 0 Å². The zero-order valence-corrected chi connectivity index (χ0v) is 17.6. The van der Waals surface area contributed by atoms with E-state index in [1.165, 1.54) is 0 Å². The van der Waals surface area contributed by atoms with Gasteiger partial charge < -0.3 is 15.3 Å². The number of ketones is 1. The summed E-state index contributed by atoms with van der Waals surface area (Å²) in [5, 5.41) is 31.5. The lowest BCUT2D eigenvalue weighted by molar-refractivity contribution is -0.176. The Balaban J connectivity index is 1.81. The normalized spacial score (nSPS) is 51.9. The number of hydrogen-bond donors (Lipinski definition) is 4. The summed E-state index contributed by atoms with van der Waals surface area (Å²) >= 11 is 3.99. The van der Waals surface area contributed by atoms with Gasteiger partial charge in [0.2, 0.25) is 5.12 Å². The van der Waals surface area contributed by atoms with Crippen molar-refractivity contribution in [2.75, 3.05) is 0 Å². The first-order valence-electron chi connectivity index (χ1n) is 10.2. The second-order valence-electron chi connectivity index (χ2n) is 10.0. The van der Waals surface area contributed by atoms with Crippen molar-refractivity contribution in [3.05, 3.63) is 23.5 Å². The molecule has 0 aliphatic heterocycles. The lowest BCUT2D eigenvalue weighted by Gasteiger charge is -2.61. The standard InChI is InChI=1S/C22H30O5S/c1-11-6-13-14-4-5-22(27,19(26)28)21(14,3)9-17(25)18(13)20(2)8-12(10-23)16(24)7-15(11)20/h7,10-11,13-14,17-18,23,25,27H,4-6,8-9H2,1-3H3,(H,26,28)/b12-10-/t11-,13?,14-,17-,18+,20-,21-,22-/m0/s1. The second-order valence-corrected chi connectivity index (χ2v) is 10.4. The maximum atomic E-state index is 12.4. The lowest BCUT2D eigenvalue weighted by atomic mass is 9.44. The molecule has 4 aliphatic carbocycles. The fourth-order valence-corrected chi connectivity index (χ4v) is 7.95. The summed E-state index contributed by atoms with van der Waals surface area (Å²) in [7, 11) is 0. The van der Waals surface area contributed by atoms with Gasteiger partial charge in [0, 0.05) is 11.0 Å². The molecular weight excluding hydrogens is 376 g/mol. The van der Waals surface area contributed by atoms with Crippen molar-refractivity contribution in [3.8, 4) is 0 Å². The monoisotopic (exact) mass is 406 g/mol. The number of rotatable bonds is 1.